The van der Waals surface area contributed by atoms with Gasteiger partial charge in [0.05, 0.1) is 5.75 Å². The molecule has 0 saturated heterocycles. The van der Waals surface area contributed by atoms with Crippen LogP contribution in [-0.4, -0.2) is 25.3 Å². The summed E-state index contributed by atoms with van der Waals surface area (Å²) in [6.45, 7) is 3.74. The zero-order valence-corrected chi connectivity index (χ0v) is 11.7. The summed E-state index contributed by atoms with van der Waals surface area (Å²) in [5, 5.41) is 3.45. The molecule has 1 rings (SSSR count). The van der Waals surface area contributed by atoms with E-state index in [9.17, 15) is 8.42 Å². The first-order chi connectivity index (χ1) is 8.77. The van der Waals surface area contributed by atoms with Crippen molar-refractivity contribution in [1.82, 2.24) is 0 Å². The van der Waals surface area contributed by atoms with E-state index in [-0.39, 0.29) is 6.54 Å². The van der Waals surface area contributed by atoms with Crippen LogP contribution in [0.1, 0.15) is 19.4 Å². The fourth-order valence-electron chi connectivity index (χ4n) is 1.98. The van der Waals surface area contributed by atoms with Gasteiger partial charge in [-0.25, -0.2) is 0 Å². The van der Waals surface area contributed by atoms with Gasteiger partial charge in [-0.1, -0.05) is 49.3 Å². The van der Waals surface area contributed by atoms with Crippen molar-refractivity contribution in [1.29, 1.82) is 0 Å². The van der Waals surface area contributed by atoms with E-state index in [1.54, 1.807) is 0 Å². The summed E-state index contributed by atoms with van der Waals surface area (Å²) in [4.78, 5) is 2.66. The normalized spacial score (nSPS) is 13.6. The molecule has 104 valence electrons. The molecule has 0 aliphatic heterocycles. The van der Waals surface area contributed by atoms with E-state index < -0.39 is 27.2 Å². The van der Waals surface area contributed by atoms with Gasteiger partial charge in [0.15, 0.2) is 0 Å². The molecule has 0 aliphatic rings. The maximum atomic E-state index is 11.1. The van der Waals surface area contributed by atoms with Crippen LogP contribution in [0.3, 0.4) is 0 Å². The summed E-state index contributed by atoms with van der Waals surface area (Å²) in [7, 11) is -4.13. The quantitative estimate of drug-likeness (QED) is 0.375. The van der Waals surface area contributed by atoms with Crippen molar-refractivity contribution in [3.8, 4) is 0 Å². The van der Waals surface area contributed by atoms with Gasteiger partial charge in [-0.15, -0.1) is 0 Å². The molecule has 0 spiro atoms. The second-order valence-electron chi connectivity index (χ2n) is 4.95. The van der Waals surface area contributed by atoms with Gasteiger partial charge >= 0.3 is 0 Å². The van der Waals surface area contributed by atoms with Crippen molar-refractivity contribution in [3.05, 3.63) is 46.3 Å². The molecule has 0 heterocycles. The average Bonchev–Trinajstić information content (AvgIpc) is 2.34. The molecule has 1 aromatic carbocycles. The topological polar surface area (TPSA) is 103 Å². The Bertz CT molecular complexity index is 563. The first-order valence-electron chi connectivity index (χ1n) is 5.79. The second kappa shape index (κ2) is 6.06. The molecule has 0 aliphatic carbocycles. The lowest BCUT2D eigenvalue weighted by molar-refractivity contribution is 0.343. The fraction of sp³-hybridized carbons (Fsp3) is 0.500. The summed E-state index contributed by atoms with van der Waals surface area (Å²) in [6.07, 6.45) is 0. The third-order valence-electron chi connectivity index (χ3n) is 3.32. The summed E-state index contributed by atoms with van der Waals surface area (Å²) in [5.74, 6) is -0.936. The lowest BCUT2D eigenvalue weighted by atomic mass is 9.74. The van der Waals surface area contributed by atoms with Crippen molar-refractivity contribution in [2.24, 2.45) is 11.0 Å². The highest BCUT2D eigenvalue weighted by atomic mass is 32.2. The summed E-state index contributed by atoms with van der Waals surface area (Å²) >= 11 is 0. The van der Waals surface area contributed by atoms with E-state index in [4.69, 9.17) is 10.1 Å². The maximum Gasteiger partial charge on any atom is 0.265 e. The lowest BCUT2D eigenvalue weighted by Gasteiger charge is -2.33. The van der Waals surface area contributed by atoms with Gasteiger partial charge in [-0.2, -0.15) is 8.42 Å². The zero-order chi connectivity index (χ0) is 14.5. The van der Waals surface area contributed by atoms with Crippen LogP contribution in [0.15, 0.2) is 35.4 Å². The summed E-state index contributed by atoms with van der Waals surface area (Å²) in [6, 6.07) is 9.34. The number of rotatable bonds is 6. The van der Waals surface area contributed by atoms with Crippen LogP contribution >= 0.6 is 0 Å². The molecule has 0 amide bonds. The molecule has 1 N–H and O–H groups in total. The number of nitrogens with zero attached hydrogens (tertiary/aromatic N) is 3. The first kappa shape index (κ1) is 15.5. The molecule has 0 radical (unpaired) electrons. The van der Waals surface area contributed by atoms with Crippen LogP contribution in [0, 0.1) is 5.92 Å². The minimum absolute atomic E-state index is 0.0121. The SMILES string of the molecule is CC(C)(c1ccccc1)C(CN=[N+]=[N-])CS(=O)(=O)O. The fourth-order valence-corrected chi connectivity index (χ4v) is 3.01. The Morgan fingerprint density at radius 3 is 2.42 bits per heavy atom. The third-order valence-corrected chi connectivity index (χ3v) is 4.14. The molecular formula is C12H17N3O3S. The largest absolute Gasteiger partial charge is 0.286 e. The predicted molar refractivity (Wildman–Crippen MR) is 73.4 cm³/mol. The van der Waals surface area contributed by atoms with Crippen molar-refractivity contribution < 1.29 is 13.0 Å². The van der Waals surface area contributed by atoms with Gasteiger partial charge in [-0.05, 0) is 22.4 Å². The molecular weight excluding hydrogens is 266 g/mol. The number of azide groups is 1. The number of hydrogen-bond donors (Lipinski definition) is 1. The highest BCUT2D eigenvalue weighted by Gasteiger charge is 2.33. The highest BCUT2D eigenvalue weighted by molar-refractivity contribution is 7.85. The van der Waals surface area contributed by atoms with Crippen molar-refractivity contribution >= 4 is 10.1 Å². The van der Waals surface area contributed by atoms with Gasteiger partial charge in [0.25, 0.3) is 10.1 Å². The molecule has 0 saturated carbocycles. The van der Waals surface area contributed by atoms with E-state index in [0.717, 1.165) is 5.56 Å². The zero-order valence-electron chi connectivity index (χ0n) is 10.9. The van der Waals surface area contributed by atoms with Gasteiger partial charge in [-0.3, -0.25) is 4.55 Å². The monoisotopic (exact) mass is 283 g/mol. The molecule has 7 heteroatoms. The highest BCUT2D eigenvalue weighted by Crippen LogP contribution is 2.32. The predicted octanol–water partition coefficient (Wildman–Crippen LogP) is 2.78. The number of hydrogen-bond acceptors (Lipinski definition) is 3. The molecule has 19 heavy (non-hydrogen) atoms. The minimum Gasteiger partial charge on any atom is -0.286 e. The van der Waals surface area contributed by atoms with Crippen LogP contribution in [0.2, 0.25) is 0 Å². The molecule has 0 aromatic heterocycles. The lowest BCUT2D eigenvalue weighted by Crippen LogP contribution is -2.36. The first-order valence-corrected chi connectivity index (χ1v) is 7.40. The Balaban J connectivity index is 3.11. The Hall–Kier alpha value is -1.56. The number of benzene rings is 1. The van der Waals surface area contributed by atoms with Crippen LogP contribution in [0.25, 0.3) is 10.4 Å². The van der Waals surface area contributed by atoms with E-state index in [1.807, 2.05) is 44.2 Å². The minimum atomic E-state index is -4.13. The smallest absolute Gasteiger partial charge is 0.265 e. The van der Waals surface area contributed by atoms with E-state index in [0.29, 0.717) is 0 Å². The Kier molecular flexibility index (Phi) is 4.94. The van der Waals surface area contributed by atoms with Crippen molar-refractivity contribution in [2.75, 3.05) is 12.3 Å². The molecule has 0 fully saturated rings. The van der Waals surface area contributed by atoms with Crippen molar-refractivity contribution in [3.63, 3.8) is 0 Å². The third kappa shape index (κ3) is 4.55. The van der Waals surface area contributed by atoms with Crippen LogP contribution in [-0.2, 0) is 15.5 Å². The van der Waals surface area contributed by atoms with Crippen molar-refractivity contribution in [2.45, 2.75) is 19.3 Å². The second-order valence-corrected chi connectivity index (χ2v) is 6.44. The van der Waals surface area contributed by atoms with Gasteiger partial charge < -0.3 is 0 Å². The van der Waals surface area contributed by atoms with Crippen LogP contribution in [0.5, 0.6) is 0 Å². The van der Waals surface area contributed by atoms with E-state index in [2.05, 4.69) is 10.0 Å². The molecule has 6 nitrogen and oxygen atoms in total. The molecule has 1 atom stereocenters. The van der Waals surface area contributed by atoms with Crippen LogP contribution in [0.4, 0.5) is 0 Å². The standard InChI is InChI=1S/C12H17N3O3S/c1-12(2,10-6-4-3-5-7-10)11(8-14-15-13)9-19(16,17)18/h3-7,11H,8-9H2,1-2H3,(H,16,17,18). The molecule has 1 aromatic rings. The molecule has 0 bridgehead atoms. The van der Waals surface area contributed by atoms with Gasteiger partial charge in [0.2, 0.25) is 0 Å². The summed E-state index contributed by atoms with van der Waals surface area (Å²) in [5.41, 5.74) is 8.79. The van der Waals surface area contributed by atoms with E-state index in [1.165, 1.54) is 0 Å². The summed E-state index contributed by atoms with van der Waals surface area (Å²) < 4.78 is 31.2. The Morgan fingerprint density at radius 1 is 1.37 bits per heavy atom. The Morgan fingerprint density at radius 2 is 1.95 bits per heavy atom. The maximum absolute atomic E-state index is 11.1. The van der Waals surface area contributed by atoms with Gasteiger partial charge in [0, 0.05) is 11.5 Å². The van der Waals surface area contributed by atoms with E-state index >= 15 is 0 Å². The Labute approximate surface area is 112 Å². The molecule has 1 unspecified atom stereocenters. The average molecular weight is 283 g/mol. The van der Waals surface area contributed by atoms with Crippen LogP contribution < -0.4 is 0 Å². The van der Waals surface area contributed by atoms with Gasteiger partial charge in [0.1, 0.15) is 0 Å².